The normalized spacial score (nSPS) is 12.0. The number of nitrogens with one attached hydrogen (secondary N) is 1. The van der Waals surface area contributed by atoms with Crippen LogP contribution >= 0.6 is 27.7 Å². The Morgan fingerprint density at radius 3 is 2.55 bits per heavy atom. The van der Waals surface area contributed by atoms with Crippen molar-refractivity contribution < 1.29 is 13.2 Å². The molecule has 1 N–H and O–H groups in total. The van der Waals surface area contributed by atoms with Gasteiger partial charge in [0.05, 0.1) is 6.20 Å². The van der Waals surface area contributed by atoms with Gasteiger partial charge in [0.1, 0.15) is 5.03 Å². The SMILES string of the molecule is FC(F)(F)Sc1cnc(Br)[nH]1. The second kappa shape index (κ2) is 3.06. The maximum atomic E-state index is 11.7. The van der Waals surface area contributed by atoms with Gasteiger partial charge in [0.25, 0.3) is 0 Å². The summed E-state index contributed by atoms with van der Waals surface area (Å²) in [5.74, 6) is 0. The molecule has 0 saturated heterocycles. The van der Waals surface area contributed by atoms with E-state index < -0.39 is 5.51 Å². The first-order valence-electron chi connectivity index (χ1n) is 2.43. The molecule has 1 rings (SSSR count). The van der Waals surface area contributed by atoms with E-state index in [1.165, 1.54) is 0 Å². The third kappa shape index (κ3) is 3.15. The minimum absolute atomic E-state index is 0.0237. The fourth-order valence-corrected chi connectivity index (χ4v) is 1.41. The summed E-state index contributed by atoms with van der Waals surface area (Å²) in [7, 11) is 0. The van der Waals surface area contributed by atoms with Gasteiger partial charge in [0.15, 0.2) is 4.73 Å². The van der Waals surface area contributed by atoms with Crippen LogP contribution in [0.3, 0.4) is 0 Å². The maximum absolute atomic E-state index is 11.7. The molecule has 11 heavy (non-hydrogen) atoms. The van der Waals surface area contributed by atoms with Gasteiger partial charge >= 0.3 is 5.51 Å². The number of halogens is 4. The molecule has 0 fully saturated rings. The van der Waals surface area contributed by atoms with Crippen LogP contribution in [0.25, 0.3) is 0 Å². The van der Waals surface area contributed by atoms with Crippen LogP contribution < -0.4 is 0 Å². The fourth-order valence-electron chi connectivity index (χ4n) is 0.458. The molecule has 1 aromatic rings. The molecule has 0 atom stereocenters. The van der Waals surface area contributed by atoms with E-state index in [9.17, 15) is 13.2 Å². The van der Waals surface area contributed by atoms with Crippen molar-refractivity contribution in [2.24, 2.45) is 0 Å². The van der Waals surface area contributed by atoms with E-state index in [0.717, 1.165) is 6.20 Å². The zero-order valence-electron chi connectivity index (χ0n) is 4.94. The molecule has 0 unspecified atom stereocenters. The molecule has 1 heterocycles. The molecule has 1 aromatic heterocycles. The average Bonchev–Trinajstić information content (AvgIpc) is 2.10. The van der Waals surface area contributed by atoms with Gasteiger partial charge in [-0.3, -0.25) is 0 Å². The van der Waals surface area contributed by atoms with Gasteiger partial charge in [-0.2, -0.15) is 13.2 Å². The van der Waals surface area contributed by atoms with Crippen molar-refractivity contribution in [1.29, 1.82) is 0 Å². The number of nitrogens with zero attached hydrogens (tertiary/aromatic N) is 1. The fraction of sp³-hybridized carbons (Fsp3) is 0.250. The van der Waals surface area contributed by atoms with E-state index in [4.69, 9.17) is 0 Å². The zero-order valence-corrected chi connectivity index (χ0v) is 7.35. The van der Waals surface area contributed by atoms with Gasteiger partial charge in [-0.1, -0.05) is 0 Å². The summed E-state index contributed by atoms with van der Waals surface area (Å²) in [6, 6.07) is 0. The number of rotatable bonds is 1. The number of H-pyrrole nitrogens is 1. The molecule has 0 bridgehead atoms. The third-order valence-electron chi connectivity index (χ3n) is 0.747. The van der Waals surface area contributed by atoms with Crippen LogP contribution in [-0.4, -0.2) is 15.5 Å². The number of aromatic nitrogens is 2. The zero-order chi connectivity index (χ0) is 8.48. The summed E-state index contributed by atoms with van der Waals surface area (Å²) >= 11 is 2.67. The Hall–Kier alpha value is -0.170. The lowest BCUT2D eigenvalue weighted by atomic mass is 11.0. The number of thioether (sulfide) groups is 1. The molecule has 0 aliphatic heterocycles. The number of alkyl halides is 3. The van der Waals surface area contributed by atoms with Crippen LogP contribution in [0.2, 0.25) is 0 Å². The number of hydrogen-bond donors (Lipinski definition) is 1. The van der Waals surface area contributed by atoms with Crippen molar-refractivity contribution in [3.05, 3.63) is 10.9 Å². The standard InChI is InChI=1S/C4H2BrF3N2S/c5-3-9-1-2(10-3)11-4(6,7)8/h1H,(H,9,10). The summed E-state index contributed by atoms with van der Waals surface area (Å²) in [4.78, 5) is 5.92. The van der Waals surface area contributed by atoms with Crippen LogP contribution in [-0.2, 0) is 0 Å². The molecule has 62 valence electrons. The lowest BCUT2D eigenvalue weighted by Gasteiger charge is -2.00. The highest BCUT2D eigenvalue weighted by Gasteiger charge is 2.30. The number of aromatic amines is 1. The average molecular weight is 247 g/mol. The summed E-state index contributed by atoms with van der Waals surface area (Å²) in [5, 5.41) is -0.0237. The quantitative estimate of drug-likeness (QED) is 0.773. The maximum Gasteiger partial charge on any atom is 0.447 e. The largest absolute Gasteiger partial charge is 0.447 e. The van der Waals surface area contributed by atoms with Gasteiger partial charge in [-0.25, -0.2) is 4.98 Å². The van der Waals surface area contributed by atoms with E-state index in [0.29, 0.717) is 4.73 Å². The lowest BCUT2D eigenvalue weighted by Crippen LogP contribution is -1.98. The smallest absolute Gasteiger partial charge is 0.327 e. The molecule has 0 aliphatic rings. The third-order valence-corrected chi connectivity index (χ3v) is 1.81. The number of imidazole rings is 1. The Labute approximate surface area is 72.7 Å². The van der Waals surface area contributed by atoms with E-state index >= 15 is 0 Å². The topological polar surface area (TPSA) is 28.7 Å². The minimum Gasteiger partial charge on any atom is -0.327 e. The lowest BCUT2D eigenvalue weighted by molar-refractivity contribution is -0.0329. The predicted molar refractivity (Wildman–Crippen MR) is 38.2 cm³/mol. The van der Waals surface area contributed by atoms with Crippen LogP contribution in [0.1, 0.15) is 0 Å². The van der Waals surface area contributed by atoms with Crippen molar-refractivity contribution in [3.8, 4) is 0 Å². The highest BCUT2D eigenvalue weighted by molar-refractivity contribution is 9.10. The molecule has 7 heteroatoms. The van der Waals surface area contributed by atoms with Gasteiger partial charge in [-0.15, -0.1) is 0 Å². The van der Waals surface area contributed by atoms with Gasteiger partial charge < -0.3 is 4.98 Å². The first-order valence-corrected chi connectivity index (χ1v) is 4.04. The number of hydrogen-bond acceptors (Lipinski definition) is 2. The Kier molecular flexibility index (Phi) is 2.48. The van der Waals surface area contributed by atoms with Gasteiger partial charge in [0, 0.05) is 11.8 Å². The van der Waals surface area contributed by atoms with Crippen LogP contribution in [0.4, 0.5) is 13.2 Å². The van der Waals surface area contributed by atoms with Crippen molar-refractivity contribution in [1.82, 2.24) is 9.97 Å². The first kappa shape index (κ1) is 8.92. The highest BCUT2D eigenvalue weighted by atomic mass is 79.9. The van der Waals surface area contributed by atoms with Crippen molar-refractivity contribution >= 4 is 27.7 Å². The molecule has 0 aromatic carbocycles. The monoisotopic (exact) mass is 246 g/mol. The molecular weight excluding hydrogens is 245 g/mol. The minimum atomic E-state index is -4.26. The second-order valence-corrected chi connectivity index (χ2v) is 3.44. The first-order chi connectivity index (χ1) is 4.97. The Morgan fingerprint density at radius 2 is 2.18 bits per heavy atom. The van der Waals surface area contributed by atoms with Crippen LogP contribution in [0.15, 0.2) is 16.0 Å². The van der Waals surface area contributed by atoms with E-state index in [2.05, 4.69) is 25.9 Å². The predicted octanol–water partition coefficient (Wildman–Crippen LogP) is 2.78. The van der Waals surface area contributed by atoms with Gasteiger partial charge in [-0.05, 0) is 15.9 Å². The molecule has 0 radical (unpaired) electrons. The summed E-state index contributed by atoms with van der Waals surface area (Å²) in [5.41, 5.74) is -4.26. The molecule has 0 spiro atoms. The van der Waals surface area contributed by atoms with Gasteiger partial charge in [0.2, 0.25) is 0 Å². The highest BCUT2D eigenvalue weighted by Crippen LogP contribution is 2.35. The van der Waals surface area contributed by atoms with E-state index in [-0.39, 0.29) is 16.8 Å². The van der Waals surface area contributed by atoms with Crippen molar-refractivity contribution in [2.45, 2.75) is 10.5 Å². The Morgan fingerprint density at radius 1 is 1.55 bits per heavy atom. The Balaban J connectivity index is 2.65. The molecule has 0 amide bonds. The van der Waals surface area contributed by atoms with E-state index in [1.807, 2.05) is 0 Å². The molecular formula is C4H2BrF3N2S. The second-order valence-electron chi connectivity index (χ2n) is 1.59. The Bertz CT molecular complexity index is 246. The summed E-state index contributed by atoms with van der Waals surface area (Å²) < 4.78 is 35.2. The van der Waals surface area contributed by atoms with E-state index in [1.54, 1.807) is 0 Å². The van der Waals surface area contributed by atoms with Crippen LogP contribution in [0, 0.1) is 0 Å². The van der Waals surface area contributed by atoms with Crippen molar-refractivity contribution in [2.75, 3.05) is 0 Å². The summed E-state index contributed by atoms with van der Waals surface area (Å²) in [6.07, 6.45) is 1.11. The summed E-state index contributed by atoms with van der Waals surface area (Å²) in [6.45, 7) is 0. The van der Waals surface area contributed by atoms with Crippen molar-refractivity contribution in [3.63, 3.8) is 0 Å². The molecule has 0 saturated carbocycles. The molecule has 2 nitrogen and oxygen atoms in total. The molecule has 0 aliphatic carbocycles. The van der Waals surface area contributed by atoms with Crippen LogP contribution in [0.5, 0.6) is 0 Å².